The summed E-state index contributed by atoms with van der Waals surface area (Å²) in [6.45, 7) is 2.09. The number of aryl methyl sites for hydroxylation is 1. The summed E-state index contributed by atoms with van der Waals surface area (Å²) in [5.41, 5.74) is 1.07. The Bertz CT molecular complexity index is 778. The van der Waals surface area contributed by atoms with Gasteiger partial charge in [0, 0.05) is 12.8 Å². The van der Waals surface area contributed by atoms with Crippen molar-refractivity contribution in [3.05, 3.63) is 53.5 Å². The SMILES string of the molecule is Cc1cccc(OCc2ccc(C(=O)ON3C(=O)CCC3=O)o2)c1. The monoisotopic (exact) mass is 329 g/mol. The third-order valence-corrected chi connectivity index (χ3v) is 3.41. The molecule has 1 aromatic carbocycles. The lowest BCUT2D eigenvalue weighted by Crippen LogP contribution is -2.31. The van der Waals surface area contributed by atoms with Crippen LogP contribution in [0.3, 0.4) is 0 Å². The summed E-state index contributed by atoms with van der Waals surface area (Å²) >= 11 is 0. The topological polar surface area (TPSA) is 86.0 Å². The molecule has 1 aromatic heterocycles. The maximum atomic E-state index is 11.9. The minimum Gasteiger partial charge on any atom is -0.486 e. The molecule has 7 heteroatoms. The summed E-state index contributed by atoms with van der Waals surface area (Å²) in [6, 6.07) is 10.5. The highest BCUT2D eigenvalue weighted by molar-refractivity contribution is 6.02. The zero-order valence-electron chi connectivity index (χ0n) is 13.0. The number of rotatable bonds is 5. The Morgan fingerprint density at radius 1 is 1.17 bits per heavy atom. The maximum absolute atomic E-state index is 11.9. The van der Waals surface area contributed by atoms with Gasteiger partial charge in [-0.05, 0) is 36.8 Å². The van der Waals surface area contributed by atoms with Gasteiger partial charge in [-0.15, -0.1) is 5.06 Å². The van der Waals surface area contributed by atoms with Crippen LogP contribution in [0.4, 0.5) is 0 Å². The van der Waals surface area contributed by atoms with E-state index in [1.165, 1.54) is 6.07 Å². The van der Waals surface area contributed by atoms with Gasteiger partial charge in [0.05, 0.1) is 0 Å². The average molecular weight is 329 g/mol. The molecule has 1 aliphatic rings. The van der Waals surface area contributed by atoms with Gasteiger partial charge in [-0.1, -0.05) is 12.1 Å². The molecule has 2 aromatic rings. The molecule has 0 radical (unpaired) electrons. The number of carbonyl (C=O) groups is 3. The first-order chi connectivity index (χ1) is 11.5. The number of amides is 2. The number of carbonyl (C=O) groups excluding carboxylic acids is 3. The minimum atomic E-state index is -0.902. The fourth-order valence-corrected chi connectivity index (χ4v) is 2.21. The van der Waals surface area contributed by atoms with Crippen LogP contribution in [0.2, 0.25) is 0 Å². The second-order valence-electron chi connectivity index (χ2n) is 5.33. The molecule has 1 saturated heterocycles. The van der Waals surface area contributed by atoms with Gasteiger partial charge in [-0.2, -0.15) is 0 Å². The molecule has 0 saturated carbocycles. The van der Waals surface area contributed by atoms with Crippen molar-refractivity contribution in [1.82, 2.24) is 5.06 Å². The third kappa shape index (κ3) is 3.45. The van der Waals surface area contributed by atoms with E-state index in [0.717, 1.165) is 5.56 Å². The standard InChI is InChI=1S/C17H15NO6/c1-11-3-2-4-12(9-11)22-10-13-5-6-14(23-13)17(21)24-18-15(19)7-8-16(18)20/h2-6,9H,7-8,10H2,1H3. The van der Waals surface area contributed by atoms with Gasteiger partial charge < -0.3 is 14.0 Å². The lowest BCUT2D eigenvalue weighted by molar-refractivity contribution is -0.173. The van der Waals surface area contributed by atoms with E-state index in [4.69, 9.17) is 14.0 Å². The first-order valence-corrected chi connectivity index (χ1v) is 7.39. The zero-order valence-corrected chi connectivity index (χ0v) is 13.0. The molecule has 24 heavy (non-hydrogen) atoms. The molecule has 124 valence electrons. The van der Waals surface area contributed by atoms with Crippen LogP contribution in [0, 0.1) is 6.92 Å². The Hall–Kier alpha value is -3.09. The second-order valence-corrected chi connectivity index (χ2v) is 5.33. The Balaban J connectivity index is 1.59. The summed E-state index contributed by atoms with van der Waals surface area (Å²) < 4.78 is 10.9. The predicted octanol–water partition coefficient (Wildman–Crippen LogP) is 2.39. The largest absolute Gasteiger partial charge is 0.486 e. The molecule has 7 nitrogen and oxygen atoms in total. The number of furan rings is 1. The van der Waals surface area contributed by atoms with Crippen molar-refractivity contribution >= 4 is 17.8 Å². The molecule has 0 spiro atoms. The summed E-state index contributed by atoms with van der Waals surface area (Å²) in [7, 11) is 0. The van der Waals surface area contributed by atoms with Crippen molar-refractivity contribution < 1.29 is 28.4 Å². The number of hydrogen-bond acceptors (Lipinski definition) is 6. The van der Waals surface area contributed by atoms with Crippen LogP contribution in [0.15, 0.2) is 40.8 Å². The molecule has 1 aliphatic heterocycles. The quantitative estimate of drug-likeness (QED) is 0.783. The fraction of sp³-hybridized carbons (Fsp3) is 0.235. The van der Waals surface area contributed by atoms with Crippen LogP contribution >= 0.6 is 0 Å². The van der Waals surface area contributed by atoms with E-state index in [1.54, 1.807) is 6.07 Å². The number of hydrogen-bond donors (Lipinski definition) is 0. The minimum absolute atomic E-state index is 0.0415. The third-order valence-electron chi connectivity index (χ3n) is 3.41. The van der Waals surface area contributed by atoms with Crippen molar-refractivity contribution in [1.29, 1.82) is 0 Å². The molecule has 2 heterocycles. The summed E-state index contributed by atoms with van der Waals surface area (Å²) in [5, 5.41) is 0.480. The van der Waals surface area contributed by atoms with Crippen molar-refractivity contribution in [2.24, 2.45) is 0 Å². The van der Waals surface area contributed by atoms with E-state index in [0.29, 0.717) is 16.6 Å². The van der Waals surface area contributed by atoms with E-state index >= 15 is 0 Å². The Kier molecular flexibility index (Phi) is 4.33. The molecule has 3 rings (SSSR count). The van der Waals surface area contributed by atoms with E-state index in [-0.39, 0.29) is 25.2 Å². The Labute approximate surface area is 137 Å². The summed E-state index contributed by atoms with van der Waals surface area (Å²) in [6.07, 6.45) is 0.0830. The van der Waals surface area contributed by atoms with Crippen LogP contribution in [-0.4, -0.2) is 22.8 Å². The second kappa shape index (κ2) is 6.57. The van der Waals surface area contributed by atoms with Crippen LogP contribution in [-0.2, 0) is 21.0 Å². The number of benzene rings is 1. The van der Waals surface area contributed by atoms with Crippen LogP contribution in [0.5, 0.6) is 5.75 Å². The molecule has 0 aliphatic carbocycles. The molecule has 1 fully saturated rings. The first kappa shape index (κ1) is 15.8. The number of imide groups is 1. The van der Waals surface area contributed by atoms with Gasteiger partial charge in [0.25, 0.3) is 11.8 Å². The van der Waals surface area contributed by atoms with Crippen LogP contribution in [0.1, 0.15) is 34.7 Å². The maximum Gasteiger partial charge on any atom is 0.398 e. The van der Waals surface area contributed by atoms with Gasteiger partial charge in [0.15, 0.2) is 0 Å². The van der Waals surface area contributed by atoms with Gasteiger partial charge in [-0.3, -0.25) is 9.59 Å². The lowest BCUT2D eigenvalue weighted by atomic mass is 10.2. The Morgan fingerprint density at radius 3 is 2.62 bits per heavy atom. The Morgan fingerprint density at radius 2 is 1.92 bits per heavy atom. The summed E-state index contributed by atoms with van der Waals surface area (Å²) in [4.78, 5) is 39.5. The zero-order chi connectivity index (χ0) is 17.1. The van der Waals surface area contributed by atoms with Crippen molar-refractivity contribution in [3.8, 4) is 5.75 Å². The molecular weight excluding hydrogens is 314 g/mol. The normalized spacial score (nSPS) is 14.1. The molecule has 2 amide bonds. The number of nitrogens with zero attached hydrogens (tertiary/aromatic N) is 1. The van der Waals surface area contributed by atoms with E-state index in [9.17, 15) is 14.4 Å². The molecule has 0 atom stereocenters. The van der Waals surface area contributed by atoms with Crippen LogP contribution < -0.4 is 4.74 Å². The smallest absolute Gasteiger partial charge is 0.398 e. The highest BCUT2D eigenvalue weighted by Gasteiger charge is 2.33. The highest BCUT2D eigenvalue weighted by atomic mass is 16.7. The lowest BCUT2D eigenvalue weighted by Gasteiger charge is -2.11. The number of hydroxylamine groups is 2. The van der Waals surface area contributed by atoms with Gasteiger partial charge >= 0.3 is 5.97 Å². The molecule has 0 bridgehead atoms. The van der Waals surface area contributed by atoms with Crippen molar-refractivity contribution in [2.75, 3.05) is 0 Å². The van der Waals surface area contributed by atoms with E-state index in [1.807, 2.05) is 31.2 Å². The first-order valence-electron chi connectivity index (χ1n) is 7.39. The fourth-order valence-electron chi connectivity index (χ4n) is 2.21. The van der Waals surface area contributed by atoms with Crippen molar-refractivity contribution in [3.63, 3.8) is 0 Å². The van der Waals surface area contributed by atoms with Gasteiger partial charge in [0.1, 0.15) is 18.1 Å². The predicted molar refractivity (Wildman–Crippen MR) is 80.7 cm³/mol. The number of ether oxygens (including phenoxy) is 1. The molecule has 0 unspecified atom stereocenters. The van der Waals surface area contributed by atoms with Gasteiger partial charge in [-0.25, -0.2) is 4.79 Å². The van der Waals surface area contributed by atoms with Crippen molar-refractivity contribution in [2.45, 2.75) is 26.4 Å². The van der Waals surface area contributed by atoms with E-state index < -0.39 is 17.8 Å². The van der Waals surface area contributed by atoms with Crippen LogP contribution in [0.25, 0.3) is 0 Å². The van der Waals surface area contributed by atoms with E-state index in [2.05, 4.69) is 0 Å². The van der Waals surface area contributed by atoms with Gasteiger partial charge in [0.2, 0.25) is 5.76 Å². The average Bonchev–Trinajstić information content (AvgIpc) is 3.15. The highest BCUT2D eigenvalue weighted by Crippen LogP contribution is 2.18. The summed E-state index contributed by atoms with van der Waals surface area (Å²) in [5.74, 6) is -0.983. The molecular formula is C17H15NO6. The molecule has 0 N–H and O–H groups in total.